The van der Waals surface area contributed by atoms with E-state index in [0.29, 0.717) is 6.54 Å². The maximum Gasteiger partial charge on any atom is 0.316 e. The summed E-state index contributed by atoms with van der Waals surface area (Å²) in [5.74, 6) is 0. The van der Waals surface area contributed by atoms with Gasteiger partial charge in [0.1, 0.15) is 0 Å². The number of amides is 2. The zero-order chi connectivity index (χ0) is 14.4. The van der Waals surface area contributed by atoms with Gasteiger partial charge < -0.3 is 15.5 Å². The van der Waals surface area contributed by atoms with Crippen molar-refractivity contribution in [2.75, 3.05) is 27.2 Å². The van der Waals surface area contributed by atoms with E-state index in [0.717, 1.165) is 15.5 Å². The molecule has 106 valence electrons. The van der Waals surface area contributed by atoms with Crippen LogP contribution in [0.1, 0.15) is 18.5 Å². The van der Waals surface area contributed by atoms with Gasteiger partial charge in [-0.3, -0.25) is 0 Å². The van der Waals surface area contributed by atoms with Crippen molar-refractivity contribution in [2.45, 2.75) is 13.0 Å². The molecule has 0 fully saturated rings. The Morgan fingerprint density at radius 2 is 2.00 bits per heavy atom. The number of nitrogens with one attached hydrogen (secondary N) is 2. The number of benzene rings is 1. The van der Waals surface area contributed by atoms with Crippen molar-refractivity contribution in [1.82, 2.24) is 15.5 Å². The highest BCUT2D eigenvalue weighted by Gasteiger charge is 2.09. The lowest BCUT2D eigenvalue weighted by molar-refractivity contribution is 0.217. The predicted molar refractivity (Wildman–Crippen MR) is 85.3 cm³/mol. The van der Waals surface area contributed by atoms with Crippen LogP contribution in [0.2, 0.25) is 0 Å². The van der Waals surface area contributed by atoms with Crippen molar-refractivity contribution >= 4 is 37.9 Å². The average molecular weight is 393 g/mol. The SMILES string of the molecule is CC(NCCNC(=O)N(C)C)c1ccc(Br)cc1Br. The third-order valence-electron chi connectivity index (χ3n) is 2.69. The Labute approximate surface area is 131 Å². The molecule has 0 aliphatic carbocycles. The molecule has 1 unspecified atom stereocenters. The molecule has 0 aliphatic heterocycles. The highest BCUT2D eigenvalue weighted by molar-refractivity contribution is 9.11. The molecule has 2 N–H and O–H groups in total. The second kappa shape index (κ2) is 7.87. The summed E-state index contributed by atoms with van der Waals surface area (Å²) in [5, 5.41) is 6.19. The van der Waals surface area contributed by atoms with Crippen molar-refractivity contribution in [3.63, 3.8) is 0 Å². The van der Waals surface area contributed by atoms with Crippen molar-refractivity contribution < 1.29 is 4.79 Å². The van der Waals surface area contributed by atoms with E-state index in [4.69, 9.17) is 0 Å². The Kier molecular flexibility index (Phi) is 6.82. The Morgan fingerprint density at radius 1 is 1.32 bits per heavy atom. The van der Waals surface area contributed by atoms with E-state index in [1.165, 1.54) is 10.5 Å². The van der Waals surface area contributed by atoms with Gasteiger partial charge in [-0.15, -0.1) is 0 Å². The van der Waals surface area contributed by atoms with Crippen LogP contribution in [0, 0.1) is 0 Å². The van der Waals surface area contributed by atoms with Gasteiger partial charge in [-0.05, 0) is 24.6 Å². The standard InChI is InChI=1S/C13H19Br2N3O/c1-9(11-5-4-10(14)8-12(11)15)16-6-7-17-13(19)18(2)3/h4-5,8-9,16H,6-7H2,1-3H3,(H,17,19). The molecule has 1 aromatic carbocycles. The lowest BCUT2D eigenvalue weighted by atomic mass is 10.1. The maximum atomic E-state index is 11.3. The number of hydrogen-bond donors (Lipinski definition) is 2. The van der Waals surface area contributed by atoms with Crippen molar-refractivity contribution in [3.05, 3.63) is 32.7 Å². The first-order valence-corrected chi connectivity index (χ1v) is 7.64. The molecule has 0 bridgehead atoms. The van der Waals surface area contributed by atoms with Gasteiger partial charge in [0.15, 0.2) is 0 Å². The number of carbonyl (C=O) groups is 1. The molecule has 2 amide bonds. The number of hydrogen-bond acceptors (Lipinski definition) is 2. The van der Waals surface area contributed by atoms with Gasteiger partial charge in [0.05, 0.1) is 0 Å². The molecule has 1 atom stereocenters. The molecule has 0 aromatic heterocycles. The van der Waals surface area contributed by atoms with Crippen LogP contribution in [0.4, 0.5) is 4.79 Å². The molecule has 1 rings (SSSR count). The normalized spacial score (nSPS) is 12.1. The number of halogens is 2. The van der Waals surface area contributed by atoms with Gasteiger partial charge in [-0.2, -0.15) is 0 Å². The summed E-state index contributed by atoms with van der Waals surface area (Å²) in [6, 6.07) is 6.27. The van der Waals surface area contributed by atoms with Crippen LogP contribution in [-0.4, -0.2) is 38.1 Å². The van der Waals surface area contributed by atoms with Crippen LogP contribution in [0.5, 0.6) is 0 Å². The zero-order valence-electron chi connectivity index (χ0n) is 11.3. The zero-order valence-corrected chi connectivity index (χ0v) is 14.5. The summed E-state index contributed by atoms with van der Waals surface area (Å²) in [6.07, 6.45) is 0. The number of urea groups is 1. The topological polar surface area (TPSA) is 44.4 Å². The minimum Gasteiger partial charge on any atom is -0.337 e. The van der Waals surface area contributed by atoms with Crippen molar-refractivity contribution in [3.8, 4) is 0 Å². The molecule has 0 aliphatic rings. The van der Waals surface area contributed by atoms with Crippen LogP contribution in [0.3, 0.4) is 0 Å². The molecule has 0 saturated carbocycles. The predicted octanol–water partition coefficient (Wildman–Crippen LogP) is 3.13. The Balaban J connectivity index is 2.39. The lowest BCUT2D eigenvalue weighted by Crippen LogP contribution is -2.38. The smallest absolute Gasteiger partial charge is 0.316 e. The highest BCUT2D eigenvalue weighted by Crippen LogP contribution is 2.26. The van der Waals surface area contributed by atoms with Crippen molar-refractivity contribution in [1.29, 1.82) is 0 Å². The van der Waals surface area contributed by atoms with E-state index in [-0.39, 0.29) is 12.1 Å². The van der Waals surface area contributed by atoms with Crippen LogP contribution >= 0.6 is 31.9 Å². The highest BCUT2D eigenvalue weighted by atomic mass is 79.9. The van der Waals surface area contributed by atoms with Crippen LogP contribution in [0.25, 0.3) is 0 Å². The van der Waals surface area contributed by atoms with Crippen LogP contribution in [-0.2, 0) is 0 Å². The minimum atomic E-state index is -0.0701. The fraction of sp³-hybridized carbons (Fsp3) is 0.462. The molecule has 4 nitrogen and oxygen atoms in total. The van der Waals surface area contributed by atoms with Crippen LogP contribution < -0.4 is 10.6 Å². The lowest BCUT2D eigenvalue weighted by Gasteiger charge is -2.17. The molecule has 6 heteroatoms. The molecule has 19 heavy (non-hydrogen) atoms. The number of nitrogens with zero attached hydrogens (tertiary/aromatic N) is 1. The van der Waals surface area contributed by atoms with Gasteiger partial charge in [-0.1, -0.05) is 37.9 Å². The fourth-order valence-corrected chi connectivity index (χ4v) is 2.97. The average Bonchev–Trinajstić information content (AvgIpc) is 2.33. The van der Waals surface area contributed by atoms with E-state index in [2.05, 4.69) is 55.5 Å². The fourth-order valence-electron chi connectivity index (χ4n) is 1.58. The molecule has 0 heterocycles. The summed E-state index contributed by atoms with van der Waals surface area (Å²) >= 11 is 6.99. The molecule has 1 aromatic rings. The van der Waals surface area contributed by atoms with Gasteiger partial charge in [-0.25, -0.2) is 4.79 Å². The van der Waals surface area contributed by atoms with Gasteiger partial charge in [0, 0.05) is 42.2 Å². The van der Waals surface area contributed by atoms with Crippen molar-refractivity contribution in [2.24, 2.45) is 0 Å². The largest absolute Gasteiger partial charge is 0.337 e. The molecule has 0 spiro atoms. The first kappa shape index (κ1) is 16.5. The third-order valence-corrected chi connectivity index (χ3v) is 3.87. The van der Waals surface area contributed by atoms with E-state index in [1.54, 1.807) is 14.1 Å². The Morgan fingerprint density at radius 3 is 2.58 bits per heavy atom. The third kappa shape index (κ3) is 5.50. The van der Waals surface area contributed by atoms with Gasteiger partial charge in [0.25, 0.3) is 0 Å². The van der Waals surface area contributed by atoms with E-state index < -0.39 is 0 Å². The second-order valence-corrected chi connectivity index (χ2v) is 6.24. The monoisotopic (exact) mass is 391 g/mol. The summed E-state index contributed by atoms with van der Waals surface area (Å²) in [5.41, 5.74) is 1.20. The summed E-state index contributed by atoms with van der Waals surface area (Å²) < 4.78 is 2.12. The van der Waals surface area contributed by atoms with Gasteiger partial charge >= 0.3 is 6.03 Å². The number of rotatable bonds is 5. The van der Waals surface area contributed by atoms with Crippen LogP contribution in [0.15, 0.2) is 27.1 Å². The Bertz CT molecular complexity index is 438. The minimum absolute atomic E-state index is 0.0701. The van der Waals surface area contributed by atoms with E-state index in [9.17, 15) is 4.79 Å². The summed E-state index contributed by atoms with van der Waals surface area (Å²) in [4.78, 5) is 12.8. The summed E-state index contributed by atoms with van der Waals surface area (Å²) in [6.45, 7) is 3.43. The van der Waals surface area contributed by atoms with E-state index in [1.807, 2.05) is 12.1 Å². The molecule has 0 saturated heterocycles. The summed E-state index contributed by atoms with van der Waals surface area (Å²) in [7, 11) is 3.45. The molecular weight excluding hydrogens is 374 g/mol. The maximum absolute atomic E-state index is 11.3. The molecular formula is C13H19Br2N3O. The molecule has 0 radical (unpaired) electrons. The first-order valence-electron chi connectivity index (χ1n) is 6.05. The number of carbonyl (C=O) groups excluding carboxylic acids is 1. The first-order chi connectivity index (χ1) is 8.91. The second-order valence-electron chi connectivity index (χ2n) is 4.47. The van der Waals surface area contributed by atoms with Gasteiger partial charge in [0.2, 0.25) is 0 Å². The van der Waals surface area contributed by atoms with E-state index >= 15 is 0 Å². The Hall–Kier alpha value is -0.590. The quantitative estimate of drug-likeness (QED) is 0.756.